The summed E-state index contributed by atoms with van der Waals surface area (Å²) in [6.45, 7) is 5.33. The second-order valence-electron chi connectivity index (χ2n) is 9.32. The molecule has 0 bridgehead atoms. The SMILES string of the molecule is COc1cc2c(=O)n(Cc3ccccc3Cl)c(=O)n(CC(=O)N3C[C@@H](C)C[C@H](C)C3)c2cc1OC. The van der Waals surface area contributed by atoms with Crippen molar-refractivity contribution in [1.82, 2.24) is 14.0 Å². The van der Waals surface area contributed by atoms with Crippen LogP contribution in [0.4, 0.5) is 0 Å². The van der Waals surface area contributed by atoms with Crippen molar-refractivity contribution in [2.75, 3.05) is 27.3 Å². The summed E-state index contributed by atoms with van der Waals surface area (Å²) in [6.07, 6.45) is 1.06. The summed E-state index contributed by atoms with van der Waals surface area (Å²) in [5.74, 6) is 1.33. The Morgan fingerprint density at radius 1 is 1.00 bits per heavy atom. The molecule has 1 aromatic heterocycles. The van der Waals surface area contributed by atoms with Crippen molar-refractivity contribution >= 4 is 28.4 Å². The van der Waals surface area contributed by atoms with Crippen LogP contribution >= 0.6 is 11.6 Å². The molecular weight excluding hydrogens is 470 g/mol. The lowest BCUT2D eigenvalue weighted by atomic mass is 9.92. The summed E-state index contributed by atoms with van der Waals surface area (Å²) in [7, 11) is 2.95. The van der Waals surface area contributed by atoms with Gasteiger partial charge in [-0.15, -0.1) is 0 Å². The number of carbonyl (C=O) groups excluding carboxylic acids is 1. The maximum Gasteiger partial charge on any atom is 0.332 e. The topological polar surface area (TPSA) is 82.8 Å². The summed E-state index contributed by atoms with van der Waals surface area (Å²) in [6, 6.07) is 10.2. The first-order valence-electron chi connectivity index (χ1n) is 11.6. The van der Waals surface area contributed by atoms with Gasteiger partial charge in [-0.05, 0) is 36.0 Å². The number of nitrogens with zero attached hydrogens (tertiary/aromatic N) is 3. The van der Waals surface area contributed by atoms with E-state index in [2.05, 4.69) is 13.8 Å². The van der Waals surface area contributed by atoms with Gasteiger partial charge >= 0.3 is 5.69 Å². The molecule has 4 rings (SSSR count). The molecule has 1 saturated heterocycles. The maximum atomic E-state index is 13.7. The van der Waals surface area contributed by atoms with Gasteiger partial charge in [0.2, 0.25) is 5.91 Å². The Labute approximate surface area is 208 Å². The molecular formula is C26H30ClN3O5. The summed E-state index contributed by atoms with van der Waals surface area (Å²) in [4.78, 5) is 42.3. The zero-order valence-corrected chi connectivity index (χ0v) is 21.2. The number of piperidine rings is 1. The molecule has 1 aliphatic rings. The monoisotopic (exact) mass is 499 g/mol. The Morgan fingerprint density at radius 3 is 2.26 bits per heavy atom. The van der Waals surface area contributed by atoms with E-state index in [1.165, 1.54) is 18.8 Å². The predicted octanol–water partition coefficient (Wildman–Crippen LogP) is 3.39. The van der Waals surface area contributed by atoms with Crippen LogP contribution in [-0.4, -0.2) is 47.3 Å². The fraction of sp³-hybridized carbons (Fsp3) is 0.423. The lowest BCUT2D eigenvalue weighted by molar-refractivity contribution is -0.134. The van der Waals surface area contributed by atoms with Crippen LogP contribution in [0, 0.1) is 11.8 Å². The van der Waals surface area contributed by atoms with E-state index in [4.69, 9.17) is 21.1 Å². The van der Waals surface area contributed by atoms with Crippen LogP contribution < -0.4 is 20.7 Å². The third-order valence-electron chi connectivity index (χ3n) is 6.53. The minimum Gasteiger partial charge on any atom is -0.493 e. The molecule has 0 aliphatic carbocycles. The quantitative estimate of drug-likeness (QED) is 0.519. The molecule has 1 aliphatic heterocycles. The molecule has 8 nitrogen and oxygen atoms in total. The van der Waals surface area contributed by atoms with Crippen molar-refractivity contribution in [3.63, 3.8) is 0 Å². The van der Waals surface area contributed by atoms with Crippen LogP contribution in [0.1, 0.15) is 25.8 Å². The Bertz CT molecular complexity index is 1370. The number of rotatable bonds is 6. The molecule has 0 saturated carbocycles. The van der Waals surface area contributed by atoms with Crippen molar-refractivity contribution in [2.24, 2.45) is 11.8 Å². The zero-order chi connectivity index (χ0) is 25.3. The maximum absolute atomic E-state index is 13.7. The highest BCUT2D eigenvalue weighted by Gasteiger charge is 2.27. The van der Waals surface area contributed by atoms with E-state index in [1.54, 1.807) is 41.3 Å². The number of ether oxygens (including phenoxy) is 2. The predicted molar refractivity (Wildman–Crippen MR) is 136 cm³/mol. The summed E-state index contributed by atoms with van der Waals surface area (Å²) in [5, 5.41) is 0.701. The summed E-state index contributed by atoms with van der Waals surface area (Å²) in [5.41, 5.74) is -0.125. The number of carbonyl (C=O) groups is 1. The van der Waals surface area contributed by atoms with Gasteiger partial charge < -0.3 is 14.4 Å². The van der Waals surface area contributed by atoms with E-state index < -0.39 is 11.2 Å². The molecule has 2 heterocycles. The first-order valence-corrected chi connectivity index (χ1v) is 12.0. The fourth-order valence-corrected chi connectivity index (χ4v) is 5.13. The van der Waals surface area contributed by atoms with Crippen LogP contribution in [0.5, 0.6) is 11.5 Å². The number of fused-ring (bicyclic) bond motifs is 1. The van der Waals surface area contributed by atoms with E-state index in [-0.39, 0.29) is 24.4 Å². The first kappa shape index (κ1) is 24.9. The van der Waals surface area contributed by atoms with Gasteiger partial charge in [-0.1, -0.05) is 43.6 Å². The minimum absolute atomic E-state index is 0.0202. The molecule has 0 spiro atoms. The van der Waals surface area contributed by atoms with Crippen LogP contribution in [0.15, 0.2) is 46.0 Å². The molecule has 9 heteroatoms. The van der Waals surface area contributed by atoms with Gasteiger partial charge in [-0.2, -0.15) is 0 Å². The number of amides is 1. The molecule has 0 N–H and O–H groups in total. The van der Waals surface area contributed by atoms with E-state index >= 15 is 0 Å². The second-order valence-corrected chi connectivity index (χ2v) is 9.73. The third kappa shape index (κ3) is 4.93. The normalized spacial score (nSPS) is 18.0. The smallest absolute Gasteiger partial charge is 0.332 e. The molecule has 186 valence electrons. The van der Waals surface area contributed by atoms with E-state index in [9.17, 15) is 14.4 Å². The van der Waals surface area contributed by atoms with Crippen molar-refractivity contribution in [3.8, 4) is 11.5 Å². The highest BCUT2D eigenvalue weighted by atomic mass is 35.5. The molecule has 35 heavy (non-hydrogen) atoms. The third-order valence-corrected chi connectivity index (χ3v) is 6.90. The number of likely N-dealkylation sites (tertiary alicyclic amines) is 1. The number of hydrogen-bond acceptors (Lipinski definition) is 5. The van der Waals surface area contributed by atoms with Crippen molar-refractivity contribution < 1.29 is 14.3 Å². The highest BCUT2D eigenvalue weighted by Crippen LogP contribution is 2.31. The Kier molecular flexibility index (Phi) is 7.21. The molecule has 2 atom stereocenters. The Balaban J connectivity index is 1.88. The number of hydrogen-bond donors (Lipinski definition) is 0. The first-order chi connectivity index (χ1) is 16.7. The van der Waals surface area contributed by atoms with Gasteiger partial charge in [0.25, 0.3) is 5.56 Å². The number of halogens is 1. The largest absolute Gasteiger partial charge is 0.493 e. The van der Waals surface area contributed by atoms with Gasteiger partial charge in [0.1, 0.15) is 6.54 Å². The number of methoxy groups -OCH3 is 2. The van der Waals surface area contributed by atoms with Gasteiger partial charge in [0.15, 0.2) is 11.5 Å². The Morgan fingerprint density at radius 2 is 1.63 bits per heavy atom. The van der Waals surface area contributed by atoms with Crippen molar-refractivity contribution in [2.45, 2.75) is 33.4 Å². The zero-order valence-electron chi connectivity index (χ0n) is 20.4. The van der Waals surface area contributed by atoms with Gasteiger partial charge in [0.05, 0.1) is 31.7 Å². The number of aromatic nitrogens is 2. The van der Waals surface area contributed by atoms with E-state index in [0.29, 0.717) is 52.5 Å². The lowest BCUT2D eigenvalue weighted by Crippen LogP contribution is -2.47. The molecule has 1 amide bonds. The van der Waals surface area contributed by atoms with Gasteiger partial charge in [-0.3, -0.25) is 18.7 Å². The summed E-state index contributed by atoms with van der Waals surface area (Å²) < 4.78 is 13.3. The standard InChI is InChI=1S/C26H30ClN3O5/c1-16-9-17(2)13-28(12-16)24(31)15-29-21-11-23(35-4)22(34-3)10-19(21)25(32)30(26(29)33)14-18-7-5-6-8-20(18)27/h5-8,10-11,16-17H,9,12-15H2,1-4H3/t16-,17-/m0/s1. The van der Waals surface area contributed by atoms with Crippen molar-refractivity contribution in [1.29, 1.82) is 0 Å². The van der Waals surface area contributed by atoms with Crippen LogP contribution in [0.3, 0.4) is 0 Å². The molecule has 2 aromatic carbocycles. The molecule has 0 unspecified atom stereocenters. The van der Waals surface area contributed by atoms with Crippen LogP contribution in [-0.2, 0) is 17.9 Å². The van der Waals surface area contributed by atoms with Crippen molar-refractivity contribution in [3.05, 3.63) is 67.8 Å². The van der Waals surface area contributed by atoms with E-state index in [1.807, 2.05) is 0 Å². The van der Waals surface area contributed by atoms with Crippen LogP contribution in [0.2, 0.25) is 5.02 Å². The van der Waals surface area contributed by atoms with Gasteiger partial charge in [0, 0.05) is 24.2 Å². The van der Waals surface area contributed by atoms with Crippen LogP contribution in [0.25, 0.3) is 10.9 Å². The second kappa shape index (κ2) is 10.2. The lowest BCUT2D eigenvalue weighted by Gasteiger charge is -2.35. The highest BCUT2D eigenvalue weighted by molar-refractivity contribution is 6.31. The molecule has 1 fully saturated rings. The summed E-state index contributed by atoms with van der Waals surface area (Å²) >= 11 is 6.32. The average molecular weight is 500 g/mol. The van der Waals surface area contributed by atoms with E-state index in [0.717, 1.165) is 11.0 Å². The van der Waals surface area contributed by atoms with Gasteiger partial charge in [-0.25, -0.2) is 4.79 Å². The molecule has 3 aromatic rings. The molecule has 0 radical (unpaired) electrons. The fourth-order valence-electron chi connectivity index (χ4n) is 4.93. The Hall–Kier alpha value is -3.26. The number of benzene rings is 2. The minimum atomic E-state index is -0.582. The average Bonchev–Trinajstić information content (AvgIpc) is 2.83.